The van der Waals surface area contributed by atoms with Crippen LogP contribution in [0.2, 0.25) is 0 Å². The van der Waals surface area contributed by atoms with Gasteiger partial charge in [-0.3, -0.25) is 0 Å². The summed E-state index contributed by atoms with van der Waals surface area (Å²) in [5.41, 5.74) is 0.345. The van der Waals surface area contributed by atoms with Crippen molar-refractivity contribution in [3.8, 4) is 0 Å². The van der Waals surface area contributed by atoms with Gasteiger partial charge in [-0.2, -0.15) is 4.31 Å². The number of benzene rings is 1. The fraction of sp³-hybridized carbons (Fsp3) is 0.600. The van der Waals surface area contributed by atoms with Gasteiger partial charge < -0.3 is 9.47 Å². The summed E-state index contributed by atoms with van der Waals surface area (Å²) in [5, 5.41) is 0. The smallest absolute Gasteiger partial charge is 0.243 e. The molecule has 21 heavy (non-hydrogen) atoms. The van der Waals surface area contributed by atoms with E-state index in [4.69, 9.17) is 9.47 Å². The molecule has 1 aliphatic rings. The number of aryl methyl sites for hydroxylation is 1. The summed E-state index contributed by atoms with van der Waals surface area (Å²) < 4.78 is 38.0. The van der Waals surface area contributed by atoms with E-state index >= 15 is 0 Å². The maximum Gasteiger partial charge on any atom is 0.243 e. The molecule has 0 radical (unpaired) electrons. The van der Waals surface area contributed by atoms with Gasteiger partial charge in [-0.15, -0.1) is 0 Å². The van der Waals surface area contributed by atoms with Gasteiger partial charge in [0.15, 0.2) is 6.29 Å². The number of sulfonamides is 1. The van der Waals surface area contributed by atoms with Crippen LogP contribution in [0.1, 0.15) is 25.3 Å². The second-order valence-corrected chi connectivity index (χ2v) is 7.52. The van der Waals surface area contributed by atoms with Crippen molar-refractivity contribution in [2.75, 3.05) is 20.8 Å². The molecule has 0 spiro atoms. The van der Waals surface area contributed by atoms with Crippen molar-refractivity contribution in [1.29, 1.82) is 0 Å². The molecule has 1 fully saturated rings. The zero-order valence-corrected chi connectivity index (χ0v) is 13.8. The molecule has 0 amide bonds. The molecule has 0 unspecified atom stereocenters. The van der Waals surface area contributed by atoms with Crippen LogP contribution in [-0.2, 0) is 19.5 Å². The minimum atomic E-state index is -3.55. The molecule has 1 heterocycles. The predicted molar refractivity (Wildman–Crippen MR) is 80.5 cm³/mol. The molecule has 0 N–H and O–H groups in total. The first kappa shape index (κ1) is 16.4. The van der Waals surface area contributed by atoms with E-state index < -0.39 is 21.9 Å². The van der Waals surface area contributed by atoms with Crippen molar-refractivity contribution in [2.45, 2.75) is 43.4 Å². The van der Waals surface area contributed by atoms with Crippen LogP contribution in [0.25, 0.3) is 0 Å². The predicted octanol–water partition coefficient (Wildman–Crippen LogP) is 2.16. The van der Waals surface area contributed by atoms with Crippen LogP contribution in [0.4, 0.5) is 0 Å². The molecule has 1 aromatic rings. The molecule has 2 rings (SSSR count). The monoisotopic (exact) mass is 313 g/mol. The van der Waals surface area contributed by atoms with Crippen LogP contribution in [0, 0.1) is 6.92 Å². The van der Waals surface area contributed by atoms with Crippen LogP contribution in [0.3, 0.4) is 0 Å². The molecule has 0 saturated carbocycles. The van der Waals surface area contributed by atoms with Crippen LogP contribution in [0.15, 0.2) is 29.2 Å². The van der Waals surface area contributed by atoms with Gasteiger partial charge in [-0.1, -0.05) is 17.7 Å². The first-order valence-corrected chi connectivity index (χ1v) is 8.45. The zero-order valence-electron chi connectivity index (χ0n) is 13.0. The van der Waals surface area contributed by atoms with Gasteiger partial charge in [-0.05, 0) is 38.8 Å². The van der Waals surface area contributed by atoms with Crippen LogP contribution < -0.4 is 0 Å². The number of ether oxygens (including phenoxy) is 2. The highest BCUT2D eigenvalue weighted by molar-refractivity contribution is 7.89. The second kappa shape index (κ2) is 6.04. The Labute approximate surface area is 126 Å². The average molecular weight is 313 g/mol. The Morgan fingerprint density at radius 1 is 1.19 bits per heavy atom. The fourth-order valence-electron chi connectivity index (χ4n) is 3.03. The first-order chi connectivity index (χ1) is 9.86. The maximum atomic E-state index is 12.9. The minimum Gasteiger partial charge on any atom is -0.354 e. The molecular formula is C15H23NO4S. The highest BCUT2D eigenvalue weighted by Crippen LogP contribution is 2.38. The topological polar surface area (TPSA) is 55.8 Å². The molecule has 1 aliphatic heterocycles. The molecule has 0 aromatic heterocycles. The lowest BCUT2D eigenvalue weighted by molar-refractivity contribution is -0.162. The van der Waals surface area contributed by atoms with E-state index in [1.165, 1.54) is 18.5 Å². The molecule has 1 saturated heterocycles. The van der Waals surface area contributed by atoms with Crippen LogP contribution >= 0.6 is 0 Å². The molecular weight excluding hydrogens is 290 g/mol. The summed E-state index contributed by atoms with van der Waals surface area (Å²) in [6.45, 7) is 4.29. The Morgan fingerprint density at radius 3 is 2.29 bits per heavy atom. The van der Waals surface area contributed by atoms with E-state index in [-0.39, 0.29) is 0 Å². The summed E-state index contributed by atoms with van der Waals surface area (Å²) in [7, 11) is -0.483. The Balaban J connectivity index is 2.41. The van der Waals surface area contributed by atoms with Gasteiger partial charge in [0, 0.05) is 20.8 Å². The highest BCUT2D eigenvalue weighted by atomic mass is 32.2. The Hall–Kier alpha value is -0.950. The molecule has 6 heteroatoms. The van der Waals surface area contributed by atoms with E-state index in [0.29, 0.717) is 17.9 Å². The third kappa shape index (κ3) is 2.85. The first-order valence-electron chi connectivity index (χ1n) is 7.01. The Kier molecular flexibility index (Phi) is 4.72. The fourth-order valence-corrected chi connectivity index (χ4v) is 4.86. The number of hydrogen-bond acceptors (Lipinski definition) is 4. The second-order valence-electron chi connectivity index (χ2n) is 5.65. The van der Waals surface area contributed by atoms with Crippen molar-refractivity contribution < 1.29 is 17.9 Å². The van der Waals surface area contributed by atoms with Crippen molar-refractivity contribution in [1.82, 2.24) is 4.31 Å². The Morgan fingerprint density at radius 2 is 1.76 bits per heavy atom. The quantitative estimate of drug-likeness (QED) is 0.782. The number of nitrogens with zero attached hydrogens (tertiary/aromatic N) is 1. The van der Waals surface area contributed by atoms with E-state index in [0.717, 1.165) is 12.0 Å². The van der Waals surface area contributed by atoms with Crippen LogP contribution in [0.5, 0.6) is 0 Å². The van der Waals surface area contributed by atoms with E-state index in [1.807, 2.05) is 26.0 Å². The maximum absolute atomic E-state index is 12.9. The summed E-state index contributed by atoms with van der Waals surface area (Å²) in [6.07, 6.45) is 0.926. The van der Waals surface area contributed by atoms with Crippen molar-refractivity contribution in [2.24, 2.45) is 0 Å². The summed E-state index contributed by atoms with van der Waals surface area (Å²) in [4.78, 5) is 0.312. The average Bonchev–Trinajstić information content (AvgIpc) is 2.84. The lowest BCUT2D eigenvalue weighted by Gasteiger charge is -2.38. The zero-order chi connectivity index (χ0) is 15.7. The molecule has 0 bridgehead atoms. The number of hydrogen-bond donors (Lipinski definition) is 0. The standard InChI is InChI=1S/C15H23NO4S/c1-12-6-8-13(9-7-12)21(17,18)16-11-5-10-15(16,2)14(19-3)20-4/h6-9,14H,5,10-11H2,1-4H3/t15-/m1/s1. The largest absolute Gasteiger partial charge is 0.354 e. The SMILES string of the molecule is COC(OC)[C@@]1(C)CCCN1S(=O)(=O)c1ccc(C)cc1. The lowest BCUT2D eigenvalue weighted by Crippen LogP contribution is -2.54. The molecule has 118 valence electrons. The lowest BCUT2D eigenvalue weighted by atomic mass is 10.00. The Bertz CT molecular complexity index is 580. The summed E-state index contributed by atoms with van der Waals surface area (Å²) >= 11 is 0. The minimum absolute atomic E-state index is 0.312. The third-order valence-corrected chi connectivity index (χ3v) is 6.21. The van der Waals surface area contributed by atoms with E-state index in [9.17, 15) is 8.42 Å². The molecule has 5 nitrogen and oxygen atoms in total. The van der Waals surface area contributed by atoms with E-state index in [1.54, 1.807) is 12.1 Å². The molecule has 0 aliphatic carbocycles. The summed E-state index contributed by atoms with van der Waals surface area (Å²) in [5.74, 6) is 0. The van der Waals surface area contributed by atoms with Gasteiger partial charge in [-0.25, -0.2) is 8.42 Å². The van der Waals surface area contributed by atoms with Gasteiger partial charge in [0.25, 0.3) is 0 Å². The van der Waals surface area contributed by atoms with E-state index in [2.05, 4.69) is 0 Å². The van der Waals surface area contributed by atoms with Gasteiger partial charge in [0.05, 0.1) is 10.4 Å². The molecule has 1 aromatic carbocycles. The highest BCUT2D eigenvalue weighted by Gasteiger charge is 2.50. The molecule has 1 atom stereocenters. The normalized spacial score (nSPS) is 23.9. The number of methoxy groups -OCH3 is 2. The summed E-state index contributed by atoms with van der Waals surface area (Å²) in [6, 6.07) is 6.92. The number of rotatable bonds is 5. The van der Waals surface area contributed by atoms with Crippen LogP contribution in [-0.4, -0.2) is 45.3 Å². The van der Waals surface area contributed by atoms with Gasteiger partial charge in [0.1, 0.15) is 0 Å². The third-order valence-electron chi connectivity index (χ3n) is 4.16. The van der Waals surface area contributed by atoms with Crippen molar-refractivity contribution in [3.63, 3.8) is 0 Å². The van der Waals surface area contributed by atoms with Gasteiger partial charge in [0.2, 0.25) is 10.0 Å². The van der Waals surface area contributed by atoms with Gasteiger partial charge >= 0.3 is 0 Å². The van der Waals surface area contributed by atoms with Crippen molar-refractivity contribution in [3.05, 3.63) is 29.8 Å². The van der Waals surface area contributed by atoms with Crippen molar-refractivity contribution >= 4 is 10.0 Å².